The summed E-state index contributed by atoms with van der Waals surface area (Å²) in [7, 11) is 0. The molecular weight excluding hydrogens is 328 g/mol. The van der Waals surface area contributed by atoms with Gasteiger partial charge >= 0.3 is 0 Å². The number of benzene rings is 1. The van der Waals surface area contributed by atoms with Crippen LogP contribution in [0, 0.1) is 0 Å². The van der Waals surface area contributed by atoms with Crippen LogP contribution in [0.5, 0.6) is 0 Å². The molecule has 0 aliphatic heterocycles. The van der Waals surface area contributed by atoms with Crippen LogP contribution >= 0.6 is 23.1 Å². The van der Waals surface area contributed by atoms with Crippen LogP contribution in [0.4, 0.5) is 5.69 Å². The molecule has 122 valence electrons. The van der Waals surface area contributed by atoms with Crippen molar-refractivity contribution in [2.24, 2.45) is 5.73 Å². The third-order valence-corrected chi connectivity index (χ3v) is 5.19. The molecule has 3 N–H and O–H groups in total. The van der Waals surface area contributed by atoms with Gasteiger partial charge in [-0.15, -0.1) is 23.1 Å². The highest BCUT2D eigenvalue weighted by Crippen LogP contribution is 2.27. The SMILES string of the molecule is NC(=O)CCSc1ccccc1NC(=O)CCCc1cccs1. The van der Waals surface area contributed by atoms with Crippen LogP contribution in [0.25, 0.3) is 0 Å². The lowest BCUT2D eigenvalue weighted by Gasteiger charge is -2.10. The number of amides is 2. The molecule has 1 aromatic heterocycles. The zero-order valence-electron chi connectivity index (χ0n) is 12.8. The lowest BCUT2D eigenvalue weighted by molar-refractivity contribution is -0.118. The zero-order chi connectivity index (χ0) is 16.5. The van der Waals surface area contributed by atoms with E-state index in [0.717, 1.165) is 23.4 Å². The molecule has 2 rings (SSSR count). The molecule has 0 atom stereocenters. The van der Waals surface area contributed by atoms with E-state index in [1.807, 2.05) is 30.3 Å². The maximum atomic E-state index is 12.1. The number of hydrogen-bond donors (Lipinski definition) is 2. The minimum absolute atomic E-state index is 0.0181. The molecular formula is C17H20N2O2S2. The van der Waals surface area contributed by atoms with E-state index >= 15 is 0 Å². The molecule has 1 aromatic carbocycles. The Bertz CT molecular complexity index is 642. The Labute approximate surface area is 144 Å². The van der Waals surface area contributed by atoms with Crippen LogP contribution in [0.2, 0.25) is 0 Å². The van der Waals surface area contributed by atoms with Gasteiger partial charge in [0.1, 0.15) is 0 Å². The number of para-hydroxylation sites is 1. The summed E-state index contributed by atoms with van der Waals surface area (Å²) in [5.74, 6) is 0.317. The van der Waals surface area contributed by atoms with Crippen molar-refractivity contribution in [2.75, 3.05) is 11.1 Å². The van der Waals surface area contributed by atoms with Gasteiger partial charge in [-0.1, -0.05) is 18.2 Å². The van der Waals surface area contributed by atoms with Gasteiger partial charge in [0, 0.05) is 28.4 Å². The van der Waals surface area contributed by atoms with Crippen molar-refractivity contribution in [3.05, 3.63) is 46.7 Å². The summed E-state index contributed by atoms with van der Waals surface area (Å²) >= 11 is 3.24. The first-order valence-electron chi connectivity index (χ1n) is 7.47. The van der Waals surface area contributed by atoms with Gasteiger partial charge in [-0.25, -0.2) is 0 Å². The van der Waals surface area contributed by atoms with E-state index < -0.39 is 0 Å². The molecule has 0 aliphatic carbocycles. The highest BCUT2D eigenvalue weighted by molar-refractivity contribution is 7.99. The third-order valence-electron chi connectivity index (χ3n) is 3.17. The molecule has 0 spiro atoms. The lowest BCUT2D eigenvalue weighted by atomic mass is 10.2. The van der Waals surface area contributed by atoms with Crippen LogP contribution < -0.4 is 11.1 Å². The smallest absolute Gasteiger partial charge is 0.224 e. The average Bonchev–Trinajstić information content (AvgIpc) is 3.02. The Balaban J connectivity index is 1.81. The molecule has 0 fully saturated rings. The number of carbonyl (C=O) groups is 2. The number of thiophene rings is 1. The van der Waals surface area contributed by atoms with Gasteiger partial charge in [0.15, 0.2) is 0 Å². The van der Waals surface area contributed by atoms with Crippen molar-refractivity contribution in [1.82, 2.24) is 0 Å². The second-order valence-corrected chi connectivity index (χ2v) is 7.21. The largest absolute Gasteiger partial charge is 0.370 e. The monoisotopic (exact) mass is 348 g/mol. The van der Waals surface area contributed by atoms with E-state index in [2.05, 4.69) is 16.8 Å². The summed E-state index contributed by atoms with van der Waals surface area (Å²) in [6.07, 6.45) is 2.59. The van der Waals surface area contributed by atoms with E-state index in [9.17, 15) is 9.59 Å². The van der Waals surface area contributed by atoms with E-state index in [4.69, 9.17) is 5.73 Å². The van der Waals surface area contributed by atoms with Crippen LogP contribution in [0.1, 0.15) is 24.1 Å². The van der Waals surface area contributed by atoms with Gasteiger partial charge in [-0.3, -0.25) is 9.59 Å². The van der Waals surface area contributed by atoms with E-state index in [1.54, 1.807) is 11.3 Å². The minimum atomic E-state index is -0.312. The number of nitrogens with one attached hydrogen (secondary N) is 1. The maximum Gasteiger partial charge on any atom is 0.224 e. The van der Waals surface area contributed by atoms with Crippen molar-refractivity contribution in [2.45, 2.75) is 30.6 Å². The minimum Gasteiger partial charge on any atom is -0.370 e. The molecule has 0 saturated carbocycles. The first-order valence-corrected chi connectivity index (χ1v) is 9.34. The number of hydrogen-bond acceptors (Lipinski definition) is 4. The standard InChI is InChI=1S/C17H20N2O2S2/c18-16(20)10-12-23-15-8-2-1-7-14(15)19-17(21)9-3-5-13-6-4-11-22-13/h1-2,4,6-8,11H,3,5,9-10,12H2,(H2,18,20)(H,19,21). The third kappa shape index (κ3) is 6.46. The fraction of sp³-hybridized carbons (Fsp3) is 0.294. The van der Waals surface area contributed by atoms with Crippen LogP contribution in [0.15, 0.2) is 46.7 Å². The molecule has 0 unspecified atom stereocenters. The van der Waals surface area contributed by atoms with Gasteiger partial charge in [-0.05, 0) is 36.4 Å². The van der Waals surface area contributed by atoms with Gasteiger partial charge in [-0.2, -0.15) is 0 Å². The number of primary amides is 1. The number of aryl methyl sites for hydroxylation is 1. The van der Waals surface area contributed by atoms with Crippen LogP contribution in [-0.4, -0.2) is 17.6 Å². The summed E-state index contributed by atoms with van der Waals surface area (Å²) in [6.45, 7) is 0. The molecule has 1 heterocycles. The predicted octanol–water partition coefficient (Wildman–Crippen LogP) is 3.68. The van der Waals surface area contributed by atoms with Crippen molar-refractivity contribution < 1.29 is 9.59 Å². The van der Waals surface area contributed by atoms with Crippen molar-refractivity contribution >= 4 is 40.6 Å². The van der Waals surface area contributed by atoms with Crippen LogP contribution in [0.3, 0.4) is 0 Å². The number of rotatable bonds is 9. The summed E-state index contributed by atoms with van der Waals surface area (Å²) < 4.78 is 0. The Morgan fingerprint density at radius 1 is 1.13 bits per heavy atom. The number of thioether (sulfide) groups is 1. The quantitative estimate of drug-likeness (QED) is 0.679. The summed E-state index contributed by atoms with van der Waals surface area (Å²) in [5, 5.41) is 5.01. The van der Waals surface area contributed by atoms with Crippen molar-refractivity contribution in [3.63, 3.8) is 0 Å². The first-order chi connectivity index (χ1) is 11.1. The molecule has 23 heavy (non-hydrogen) atoms. The van der Waals surface area contributed by atoms with Gasteiger partial charge in [0.25, 0.3) is 0 Å². The fourth-order valence-corrected chi connectivity index (χ4v) is 3.77. The molecule has 0 saturated heterocycles. The topological polar surface area (TPSA) is 72.2 Å². The van der Waals surface area contributed by atoms with Crippen molar-refractivity contribution in [3.8, 4) is 0 Å². The highest BCUT2D eigenvalue weighted by Gasteiger charge is 2.08. The molecule has 0 bridgehead atoms. The molecule has 6 heteroatoms. The summed E-state index contributed by atoms with van der Waals surface area (Å²) in [5.41, 5.74) is 5.94. The van der Waals surface area contributed by atoms with Crippen molar-refractivity contribution in [1.29, 1.82) is 0 Å². The average molecular weight is 348 g/mol. The highest BCUT2D eigenvalue weighted by atomic mass is 32.2. The summed E-state index contributed by atoms with van der Waals surface area (Å²) in [4.78, 5) is 25.2. The van der Waals surface area contributed by atoms with E-state index in [1.165, 1.54) is 16.6 Å². The van der Waals surface area contributed by atoms with E-state index in [0.29, 0.717) is 18.6 Å². The van der Waals surface area contributed by atoms with Gasteiger partial charge in [0.05, 0.1) is 5.69 Å². The number of nitrogens with two attached hydrogens (primary N) is 1. The lowest BCUT2D eigenvalue weighted by Crippen LogP contribution is -2.13. The Morgan fingerprint density at radius 2 is 1.96 bits per heavy atom. The Hall–Kier alpha value is -1.79. The maximum absolute atomic E-state index is 12.1. The van der Waals surface area contributed by atoms with Crippen LogP contribution in [-0.2, 0) is 16.0 Å². The molecule has 4 nitrogen and oxygen atoms in total. The fourth-order valence-electron chi connectivity index (χ4n) is 2.05. The van der Waals surface area contributed by atoms with Gasteiger partial charge < -0.3 is 11.1 Å². The van der Waals surface area contributed by atoms with E-state index in [-0.39, 0.29) is 11.8 Å². The molecule has 2 amide bonds. The second kappa shape index (κ2) is 9.37. The second-order valence-electron chi connectivity index (χ2n) is 5.04. The predicted molar refractivity (Wildman–Crippen MR) is 96.9 cm³/mol. The zero-order valence-corrected chi connectivity index (χ0v) is 14.4. The molecule has 0 aliphatic rings. The Morgan fingerprint density at radius 3 is 2.70 bits per heavy atom. The number of carbonyl (C=O) groups excluding carboxylic acids is 2. The molecule has 2 aromatic rings. The first kappa shape index (κ1) is 17.6. The normalized spacial score (nSPS) is 10.4. The molecule has 0 radical (unpaired) electrons. The van der Waals surface area contributed by atoms with Gasteiger partial charge in [0.2, 0.25) is 11.8 Å². The Kier molecular flexibility index (Phi) is 7.16. The number of anilines is 1. The summed E-state index contributed by atoms with van der Waals surface area (Å²) in [6, 6.07) is 11.7.